The molecule has 0 amide bonds. The molecule has 0 bridgehead atoms. The number of alkyl halides is 3. The Morgan fingerprint density at radius 1 is 0.793 bits per heavy atom. The predicted octanol–water partition coefficient (Wildman–Crippen LogP) is 4.54. The van der Waals surface area contributed by atoms with E-state index in [2.05, 4.69) is 40.3 Å². The van der Waals surface area contributed by atoms with Crippen molar-refractivity contribution in [3.05, 3.63) is 54.3 Å². The molecule has 0 atom stereocenters. The van der Waals surface area contributed by atoms with Crippen LogP contribution in [0.15, 0.2) is 53.2 Å². The van der Waals surface area contributed by atoms with E-state index in [0.29, 0.717) is 0 Å². The molecule has 148 valence electrons. The molecule has 0 radical (unpaired) electrons. The number of hydrogen-bond donors (Lipinski definition) is 2. The lowest BCUT2D eigenvalue weighted by molar-refractivity contribution is -0.274. The summed E-state index contributed by atoms with van der Waals surface area (Å²) in [6.07, 6.45) is -4.89. The first kappa shape index (κ1) is 18.4. The fourth-order valence-electron chi connectivity index (χ4n) is 2.41. The van der Waals surface area contributed by atoms with Gasteiger partial charge >= 0.3 is 6.36 Å². The number of halogens is 4. The fourth-order valence-corrected chi connectivity index (χ4v) is 2.41. The van der Waals surface area contributed by atoms with Crippen LogP contribution in [-0.2, 0) is 0 Å². The second-order valence-electron chi connectivity index (χ2n) is 5.61. The average molecular weight is 406 g/mol. The minimum atomic E-state index is -4.89. The molecular weight excluding hydrogens is 396 g/mol. The second kappa shape index (κ2) is 7.22. The monoisotopic (exact) mass is 406 g/mol. The topological polar surface area (TPSA) is 98.0 Å². The summed E-state index contributed by atoms with van der Waals surface area (Å²) in [5, 5.41) is 12.5. The summed E-state index contributed by atoms with van der Waals surface area (Å²) in [4.78, 5) is 8.27. The quantitative estimate of drug-likeness (QED) is 0.466. The Hall–Kier alpha value is -3.96. The SMILES string of the molecule is Fc1ccccc1Nc1nc2nonc2nc1Nc1ccccc1OC(F)(F)F. The zero-order chi connectivity index (χ0) is 20.4. The number of para-hydroxylation sites is 3. The third-order valence-electron chi connectivity index (χ3n) is 3.61. The molecule has 0 aliphatic heterocycles. The van der Waals surface area contributed by atoms with E-state index in [1.54, 1.807) is 6.07 Å². The van der Waals surface area contributed by atoms with Gasteiger partial charge in [0.25, 0.3) is 0 Å². The molecule has 0 aliphatic rings. The lowest BCUT2D eigenvalue weighted by atomic mass is 10.3. The van der Waals surface area contributed by atoms with Gasteiger partial charge in [-0.1, -0.05) is 24.3 Å². The van der Waals surface area contributed by atoms with Crippen LogP contribution in [0.2, 0.25) is 0 Å². The molecule has 2 aromatic heterocycles. The van der Waals surface area contributed by atoms with E-state index in [1.165, 1.54) is 36.4 Å². The van der Waals surface area contributed by atoms with Crippen molar-refractivity contribution in [3.63, 3.8) is 0 Å². The van der Waals surface area contributed by atoms with Crippen LogP contribution in [0.5, 0.6) is 5.75 Å². The Labute approximate surface area is 159 Å². The number of nitrogens with one attached hydrogen (secondary N) is 2. The number of benzene rings is 2. The highest BCUT2D eigenvalue weighted by Gasteiger charge is 2.32. The van der Waals surface area contributed by atoms with Crippen molar-refractivity contribution in [3.8, 4) is 5.75 Å². The van der Waals surface area contributed by atoms with Gasteiger partial charge in [0.2, 0.25) is 11.3 Å². The number of aromatic nitrogens is 4. The average Bonchev–Trinajstić information content (AvgIpc) is 3.11. The first-order valence-corrected chi connectivity index (χ1v) is 8.03. The standard InChI is InChI=1S/C17H10F4N6O2/c18-9-5-1-2-6-10(9)22-13-14(25-16-15(24-13)26-29-27-16)23-11-7-3-4-8-12(11)28-17(19,20)21/h1-8H,(H,22,24,26)(H,23,25,27). The van der Waals surface area contributed by atoms with E-state index in [0.717, 1.165) is 6.07 Å². The molecule has 2 heterocycles. The number of nitrogens with zero attached hydrogens (tertiary/aromatic N) is 4. The van der Waals surface area contributed by atoms with E-state index in [-0.39, 0.29) is 34.3 Å². The molecule has 0 aliphatic carbocycles. The maximum absolute atomic E-state index is 14.0. The highest BCUT2D eigenvalue weighted by atomic mass is 19.4. The minimum absolute atomic E-state index is 0.000745. The first-order valence-electron chi connectivity index (χ1n) is 8.03. The van der Waals surface area contributed by atoms with Crippen LogP contribution in [0.4, 0.5) is 40.6 Å². The van der Waals surface area contributed by atoms with Gasteiger partial charge in [-0.15, -0.1) is 13.2 Å². The van der Waals surface area contributed by atoms with Crippen LogP contribution in [0.25, 0.3) is 11.3 Å². The van der Waals surface area contributed by atoms with Gasteiger partial charge in [0.05, 0.1) is 11.4 Å². The van der Waals surface area contributed by atoms with Gasteiger partial charge in [0.1, 0.15) is 5.82 Å². The number of anilines is 4. The van der Waals surface area contributed by atoms with Crippen LogP contribution in [0, 0.1) is 5.82 Å². The molecule has 8 nitrogen and oxygen atoms in total. The van der Waals surface area contributed by atoms with E-state index in [4.69, 9.17) is 0 Å². The molecule has 0 spiro atoms. The summed E-state index contributed by atoms with van der Waals surface area (Å²) in [6.45, 7) is 0. The Balaban J connectivity index is 1.75. The number of ether oxygens (including phenoxy) is 1. The van der Waals surface area contributed by atoms with Crippen LogP contribution in [0.1, 0.15) is 0 Å². The van der Waals surface area contributed by atoms with Crippen LogP contribution >= 0.6 is 0 Å². The zero-order valence-corrected chi connectivity index (χ0v) is 14.2. The number of hydrogen-bond acceptors (Lipinski definition) is 8. The van der Waals surface area contributed by atoms with Gasteiger partial charge in [-0.2, -0.15) is 0 Å². The highest BCUT2D eigenvalue weighted by Crippen LogP contribution is 2.34. The third-order valence-corrected chi connectivity index (χ3v) is 3.61. The van der Waals surface area contributed by atoms with Gasteiger partial charge < -0.3 is 15.4 Å². The summed E-state index contributed by atoms with van der Waals surface area (Å²) in [5.74, 6) is -1.12. The zero-order valence-electron chi connectivity index (χ0n) is 14.2. The molecule has 2 aromatic carbocycles. The maximum Gasteiger partial charge on any atom is 0.573 e. The van der Waals surface area contributed by atoms with Crippen molar-refractivity contribution in [2.24, 2.45) is 0 Å². The summed E-state index contributed by atoms with van der Waals surface area (Å²) in [7, 11) is 0. The van der Waals surface area contributed by atoms with Crippen molar-refractivity contribution in [2.45, 2.75) is 6.36 Å². The summed E-state index contributed by atoms with van der Waals surface area (Å²) >= 11 is 0. The second-order valence-corrected chi connectivity index (χ2v) is 5.61. The van der Waals surface area contributed by atoms with Crippen molar-refractivity contribution < 1.29 is 26.9 Å². The molecule has 0 unspecified atom stereocenters. The predicted molar refractivity (Wildman–Crippen MR) is 93.5 cm³/mol. The molecule has 4 aromatic rings. The lowest BCUT2D eigenvalue weighted by Crippen LogP contribution is -2.18. The molecule has 29 heavy (non-hydrogen) atoms. The van der Waals surface area contributed by atoms with Gasteiger partial charge in [-0.05, 0) is 34.6 Å². The Bertz CT molecular complexity index is 1160. The third kappa shape index (κ3) is 4.15. The van der Waals surface area contributed by atoms with E-state index >= 15 is 0 Å². The number of fused-ring (bicyclic) bond motifs is 1. The van der Waals surface area contributed by atoms with Gasteiger partial charge in [-0.25, -0.2) is 19.0 Å². The van der Waals surface area contributed by atoms with Crippen molar-refractivity contribution in [1.82, 2.24) is 20.3 Å². The normalized spacial score (nSPS) is 11.4. The highest BCUT2D eigenvalue weighted by molar-refractivity contribution is 5.80. The van der Waals surface area contributed by atoms with Gasteiger partial charge in [0, 0.05) is 0 Å². The molecule has 0 fully saturated rings. The van der Waals surface area contributed by atoms with Crippen molar-refractivity contribution in [1.29, 1.82) is 0 Å². The van der Waals surface area contributed by atoms with Crippen molar-refractivity contribution in [2.75, 3.05) is 10.6 Å². The maximum atomic E-state index is 14.0. The molecule has 12 heteroatoms. The first-order chi connectivity index (χ1) is 13.9. The Morgan fingerprint density at radius 2 is 1.34 bits per heavy atom. The Morgan fingerprint density at radius 3 is 1.97 bits per heavy atom. The molecular formula is C17H10F4N6O2. The van der Waals surface area contributed by atoms with Gasteiger partial charge in [-0.3, -0.25) is 0 Å². The van der Waals surface area contributed by atoms with Crippen LogP contribution < -0.4 is 15.4 Å². The van der Waals surface area contributed by atoms with Crippen LogP contribution in [0.3, 0.4) is 0 Å². The van der Waals surface area contributed by atoms with Crippen LogP contribution in [-0.4, -0.2) is 26.6 Å². The number of rotatable bonds is 5. The minimum Gasteiger partial charge on any atom is -0.404 e. The van der Waals surface area contributed by atoms with Gasteiger partial charge in [0.15, 0.2) is 17.4 Å². The smallest absolute Gasteiger partial charge is 0.404 e. The fraction of sp³-hybridized carbons (Fsp3) is 0.0588. The molecule has 0 saturated heterocycles. The molecule has 4 rings (SSSR count). The largest absolute Gasteiger partial charge is 0.573 e. The summed E-state index contributed by atoms with van der Waals surface area (Å²) in [6, 6.07) is 11.1. The summed E-state index contributed by atoms with van der Waals surface area (Å²) in [5.41, 5.74) is 0.0435. The van der Waals surface area contributed by atoms with E-state index in [1.807, 2.05) is 0 Å². The van der Waals surface area contributed by atoms with Crippen molar-refractivity contribution >= 4 is 34.3 Å². The van der Waals surface area contributed by atoms with E-state index in [9.17, 15) is 17.6 Å². The molecule has 0 saturated carbocycles. The molecule has 2 N–H and O–H groups in total. The Kier molecular flexibility index (Phi) is 4.58. The summed E-state index contributed by atoms with van der Waals surface area (Å²) < 4.78 is 60.6. The van der Waals surface area contributed by atoms with E-state index < -0.39 is 17.9 Å². The lowest BCUT2D eigenvalue weighted by Gasteiger charge is -2.16.